The Kier molecular flexibility index (Phi) is 7.58. The van der Waals surface area contributed by atoms with E-state index in [1.807, 2.05) is 73.7 Å². The SMILES string of the molecule is Cc1cccc2c(O)cc3c(c12)C(CCl)CN3C(=O)c1ccc2[nH]c(-c3cccc(OCCOCCO)c3)cc2c1. The third-order valence-electron chi connectivity index (χ3n) is 7.65. The highest BCUT2D eigenvalue weighted by molar-refractivity contribution is 6.19. The number of hydrogen-bond donors (Lipinski definition) is 3. The molecule has 0 saturated carbocycles. The summed E-state index contributed by atoms with van der Waals surface area (Å²) in [4.78, 5) is 19.1. The Balaban J connectivity index is 1.28. The number of benzene rings is 4. The predicted molar refractivity (Wildman–Crippen MR) is 163 cm³/mol. The lowest BCUT2D eigenvalue weighted by Crippen LogP contribution is -2.30. The van der Waals surface area contributed by atoms with Crippen LogP contribution in [-0.4, -0.2) is 60.0 Å². The van der Waals surface area contributed by atoms with Gasteiger partial charge in [-0.05, 0) is 59.8 Å². The highest BCUT2D eigenvalue weighted by Crippen LogP contribution is 2.46. The van der Waals surface area contributed by atoms with Crippen LogP contribution in [0.4, 0.5) is 5.69 Å². The third-order valence-corrected chi connectivity index (χ3v) is 8.02. The van der Waals surface area contributed by atoms with Crippen LogP contribution in [0, 0.1) is 6.92 Å². The molecule has 0 radical (unpaired) electrons. The maximum absolute atomic E-state index is 13.9. The number of halogens is 1. The van der Waals surface area contributed by atoms with Crippen LogP contribution in [0.2, 0.25) is 0 Å². The normalized spacial score (nSPS) is 14.6. The van der Waals surface area contributed by atoms with Gasteiger partial charge in [0.25, 0.3) is 5.91 Å². The number of anilines is 1. The van der Waals surface area contributed by atoms with Crippen LogP contribution in [0.3, 0.4) is 0 Å². The van der Waals surface area contributed by atoms with Gasteiger partial charge in [-0.15, -0.1) is 11.6 Å². The number of amides is 1. The summed E-state index contributed by atoms with van der Waals surface area (Å²) in [5.41, 5.74) is 6.13. The maximum Gasteiger partial charge on any atom is 0.258 e. The Morgan fingerprint density at radius 1 is 1.05 bits per heavy atom. The molecule has 3 N–H and O–H groups in total. The number of carbonyl (C=O) groups is 1. The summed E-state index contributed by atoms with van der Waals surface area (Å²) in [6.45, 7) is 3.54. The minimum absolute atomic E-state index is 0.0110. The zero-order valence-corrected chi connectivity index (χ0v) is 23.4. The zero-order chi connectivity index (χ0) is 28.5. The number of phenols is 1. The van der Waals surface area contributed by atoms with Gasteiger partial charge in [-0.2, -0.15) is 0 Å². The zero-order valence-electron chi connectivity index (χ0n) is 22.7. The lowest BCUT2D eigenvalue weighted by Gasteiger charge is -2.19. The van der Waals surface area contributed by atoms with Crippen molar-refractivity contribution in [2.75, 3.05) is 43.8 Å². The Morgan fingerprint density at radius 2 is 1.90 bits per heavy atom. The second kappa shape index (κ2) is 11.4. The van der Waals surface area contributed by atoms with E-state index >= 15 is 0 Å². The molecule has 1 aliphatic heterocycles. The van der Waals surface area contributed by atoms with Crippen LogP contribution in [0.5, 0.6) is 11.5 Å². The predicted octanol–water partition coefficient (Wildman–Crippen LogP) is 6.37. The fourth-order valence-electron chi connectivity index (χ4n) is 5.73. The van der Waals surface area contributed by atoms with Crippen molar-refractivity contribution in [1.82, 2.24) is 4.98 Å². The molecule has 1 unspecified atom stereocenters. The van der Waals surface area contributed by atoms with Crippen LogP contribution < -0.4 is 9.64 Å². The van der Waals surface area contributed by atoms with Crippen LogP contribution in [0.1, 0.15) is 27.4 Å². The number of H-pyrrole nitrogens is 1. The number of aromatic amines is 1. The van der Waals surface area contributed by atoms with Gasteiger partial charge in [-0.1, -0.05) is 30.3 Å². The molecule has 41 heavy (non-hydrogen) atoms. The molecule has 0 spiro atoms. The first-order valence-electron chi connectivity index (χ1n) is 13.7. The number of hydrogen-bond acceptors (Lipinski definition) is 5. The molecule has 1 amide bonds. The molecular weight excluding hydrogens is 540 g/mol. The Bertz CT molecular complexity index is 1750. The number of phenolic OH excluding ortho intramolecular Hbond substituents is 1. The minimum Gasteiger partial charge on any atom is -0.507 e. The number of rotatable bonds is 9. The topological polar surface area (TPSA) is 95.0 Å². The largest absolute Gasteiger partial charge is 0.507 e. The van der Waals surface area contributed by atoms with Gasteiger partial charge in [0.15, 0.2) is 0 Å². The van der Waals surface area contributed by atoms with Gasteiger partial charge in [0.2, 0.25) is 0 Å². The van der Waals surface area contributed by atoms with Gasteiger partial charge in [0.05, 0.1) is 25.5 Å². The molecule has 8 heteroatoms. The quantitative estimate of drug-likeness (QED) is 0.141. The van der Waals surface area contributed by atoms with E-state index in [0.29, 0.717) is 43.5 Å². The van der Waals surface area contributed by atoms with E-state index in [9.17, 15) is 9.90 Å². The Hall–Kier alpha value is -4.04. The minimum atomic E-state index is -0.130. The summed E-state index contributed by atoms with van der Waals surface area (Å²) in [7, 11) is 0. The molecule has 0 saturated heterocycles. The van der Waals surface area contributed by atoms with Crippen molar-refractivity contribution in [2.45, 2.75) is 12.8 Å². The van der Waals surface area contributed by atoms with Gasteiger partial charge in [-0.25, -0.2) is 0 Å². The van der Waals surface area contributed by atoms with Crippen molar-refractivity contribution in [3.05, 3.63) is 89.5 Å². The van der Waals surface area contributed by atoms with Crippen LogP contribution in [0.15, 0.2) is 72.8 Å². The standard InChI is InChI=1S/C33H31ClN2O5/c1-20-4-2-7-26-30(38)17-29-32(31(20)26)24(18-34)19-36(29)33(39)22-8-9-27-23(14-22)16-28(35-27)21-5-3-6-25(15-21)41-13-12-40-11-10-37/h2-9,14-17,24,35,37-38H,10-13,18-19H2,1H3. The van der Waals surface area contributed by atoms with E-state index in [1.165, 1.54) is 0 Å². The number of aromatic hydroxyl groups is 1. The molecule has 4 aromatic carbocycles. The maximum atomic E-state index is 13.9. The number of alkyl halides is 1. The molecule has 1 atom stereocenters. The van der Waals surface area contributed by atoms with Crippen molar-refractivity contribution in [3.8, 4) is 22.8 Å². The third kappa shape index (κ3) is 5.12. The fraction of sp³-hybridized carbons (Fsp3) is 0.242. The average molecular weight is 571 g/mol. The first-order chi connectivity index (χ1) is 20.0. The van der Waals surface area contributed by atoms with Gasteiger partial charge in [-0.3, -0.25) is 4.79 Å². The summed E-state index contributed by atoms with van der Waals surface area (Å²) in [5, 5.41) is 22.3. The first kappa shape index (κ1) is 27.1. The van der Waals surface area contributed by atoms with Crippen molar-refractivity contribution >= 4 is 44.9 Å². The molecule has 0 fully saturated rings. The summed E-state index contributed by atoms with van der Waals surface area (Å²) >= 11 is 6.41. The Labute approximate surface area is 242 Å². The second-order valence-electron chi connectivity index (χ2n) is 10.3. The van der Waals surface area contributed by atoms with Crippen molar-refractivity contribution in [3.63, 3.8) is 0 Å². The second-order valence-corrected chi connectivity index (χ2v) is 10.6. The van der Waals surface area contributed by atoms with E-state index in [0.717, 1.165) is 49.8 Å². The molecule has 2 heterocycles. The summed E-state index contributed by atoms with van der Waals surface area (Å²) in [5.74, 6) is 1.10. The van der Waals surface area contributed by atoms with E-state index in [2.05, 4.69) is 4.98 Å². The molecule has 5 aromatic rings. The monoisotopic (exact) mass is 570 g/mol. The lowest BCUT2D eigenvalue weighted by molar-refractivity contribution is 0.0705. The van der Waals surface area contributed by atoms with Gasteiger partial charge in [0.1, 0.15) is 18.1 Å². The number of aliphatic hydroxyl groups excluding tert-OH is 1. The lowest BCUT2D eigenvalue weighted by atomic mass is 9.92. The molecule has 7 nitrogen and oxygen atoms in total. The number of aryl methyl sites for hydroxylation is 1. The smallest absolute Gasteiger partial charge is 0.258 e. The van der Waals surface area contributed by atoms with Crippen molar-refractivity contribution < 1.29 is 24.5 Å². The van der Waals surface area contributed by atoms with Crippen LogP contribution in [-0.2, 0) is 4.74 Å². The molecule has 210 valence electrons. The molecule has 1 aliphatic rings. The average Bonchev–Trinajstić information content (AvgIpc) is 3.58. The van der Waals surface area contributed by atoms with Gasteiger partial charge >= 0.3 is 0 Å². The number of nitrogens with zero attached hydrogens (tertiary/aromatic N) is 1. The first-order valence-corrected chi connectivity index (χ1v) is 14.2. The highest BCUT2D eigenvalue weighted by atomic mass is 35.5. The van der Waals surface area contributed by atoms with E-state index < -0.39 is 0 Å². The molecule has 0 bridgehead atoms. The highest BCUT2D eigenvalue weighted by Gasteiger charge is 2.35. The fourth-order valence-corrected chi connectivity index (χ4v) is 5.98. The number of carbonyl (C=O) groups excluding carboxylic acids is 1. The number of aliphatic hydroxyl groups is 1. The van der Waals surface area contributed by atoms with Gasteiger partial charge < -0.3 is 29.6 Å². The van der Waals surface area contributed by atoms with Crippen molar-refractivity contribution in [2.24, 2.45) is 0 Å². The molecule has 1 aromatic heterocycles. The van der Waals surface area contributed by atoms with E-state index in [-0.39, 0.29) is 24.2 Å². The van der Waals surface area contributed by atoms with E-state index in [1.54, 1.807) is 11.0 Å². The summed E-state index contributed by atoms with van der Waals surface area (Å²) in [6, 6.07) is 23.0. The summed E-state index contributed by atoms with van der Waals surface area (Å²) in [6.07, 6.45) is 0. The number of ether oxygens (including phenoxy) is 2. The molecule has 6 rings (SSSR count). The van der Waals surface area contributed by atoms with Crippen molar-refractivity contribution in [1.29, 1.82) is 0 Å². The van der Waals surface area contributed by atoms with Crippen LogP contribution >= 0.6 is 11.6 Å². The number of aromatic nitrogens is 1. The number of nitrogens with one attached hydrogen (secondary N) is 1. The molecule has 0 aliphatic carbocycles. The Morgan fingerprint density at radius 3 is 2.73 bits per heavy atom. The molecular formula is C33H31ClN2O5. The van der Waals surface area contributed by atoms with Crippen LogP contribution in [0.25, 0.3) is 32.9 Å². The number of fused-ring (bicyclic) bond motifs is 4. The van der Waals surface area contributed by atoms with Gasteiger partial charge in [0, 0.05) is 57.5 Å². The summed E-state index contributed by atoms with van der Waals surface area (Å²) < 4.78 is 11.0. The van der Waals surface area contributed by atoms with E-state index in [4.69, 9.17) is 26.2 Å².